The molecular formula is C24H27N7O5S. The average molecular weight is 526 g/mol. The maximum atomic E-state index is 13.0. The zero-order valence-electron chi connectivity index (χ0n) is 20.2. The summed E-state index contributed by atoms with van der Waals surface area (Å²) in [5.41, 5.74) is 1.89. The first-order chi connectivity index (χ1) is 17.9. The largest absolute Gasteiger partial charge is 0.477 e. The van der Waals surface area contributed by atoms with Gasteiger partial charge in [-0.2, -0.15) is 0 Å². The molecule has 0 spiro atoms. The Kier molecular flexibility index (Phi) is 7.24. The summed E-state index contributed by atoms with van der Waals surface area (Å²) in [6.45, 7) is 2.74. The number of anilines is 2. The van der Waals surface area contributed by atoms with Crippen LogP contribution in [-0.2, 0) is 19.6 Å². The molecule has 2 N–H and O–H groups in total. The van der Waals surface area contributed by atoms with Crippen LogP contribution in [0.1, 0.15) is 44.4 Å². The number of carbonyl (C=O) groups excluding carboxylic acids is 1. The van der Waals surface area contributed by atoms with Crippen LogP contribution in [-0.4, -0.2) is 57.7 Å². The molecule has 2 atom stereocenters. The van der Waals surface area contributed by atoms with Crippen molar-refractivity contribution in [3.05, 3.63) is 48.7 Å². The second kappa shape index (κ2) is 10.7. The van der Waals surface area contributed by atoms with E-state index in [0.29, 0.717) is 62.0 Å². The van der Waals surface area contributed by atoms with Gasteiger partial charge in [-0.1, -0.05) is 0 Å². The van der Waals surface area contributed by atoms with Gasteiger partial charge >= 0.3 is 0 Å². The number of carbonyl (C=O) groups is 1. The number of ether oxygens (including phenoxy) is 2. The number of nitrogens with one attached hydrogen (secondary N) is 2. The van der Waals surface area contributed by atoms with Crippen LogP contribution in [0.4, 0.5) is 11.8 Å². The Morgan fingerprint density at radius 3 is 2.73 bits per heavy atom. The van der Waals surface area contributed by atoms with E-state index >= 15 is 0 Å². The predicted octanol–water partition coefficient (Wildman–Crippen LogP) is 2.74. The van der Waals surface area contributed by atoms with E-state index in [-0.39, 0.29) is 23.0 Å². The van der Waals surface area contributed by atoms with E-state index in [0.717, 1.165) is 5.56 Å². The zero-order valence-corrected chi connectivity index (χ0v) is 21.0. The Morgan fingerprint density at radius 2 is 1.97 bits per heavy atom. The summed E-state index contributed by atoms with van der Waals surface area (Å²) in [7, 11) is -3.47. The molecule has 13 heteroatoms. The minimum absolute atomic E-state index is 0.0142. The first kappa shape index (κ1) is 25.0. The lowest BCUT2D eigenvalue weighted by Crippen LogP contribution is -2.31. The van der Waals surface area contributed by atoms with Gasteiger partial charge in [-0.3, -0.25) is 14.5 Å². The maximum Gasteiger partial charge on any atom is 0.237 e. The molecule has 3 aromatic heterocycles. The van der Waals surface area contributed by atoms with Crippen molar-refractivity contribution in [2.75, 3.05) is 23.3 Å². The van der Waals surface area contributed by atoms with Gasteiger partial charge in [-0.15, -0.1) is 0 Å². The zero-order chi connectivity index (χ0) is 25.8. The fraction of sp³-hybridized carbons (Fsp3) is 0.417. The van der Waals surface area contributed by atoms with Gasteiger partial charge in [0, 0.05) is 30.5 Å². The number of nitrogens with zero attached hydrogens (tertiary/aromatic N) is 5. The van der Waals surface area contributed by atoms with Gasteiger partial charge in [0.25, 0.3) is 0 Å². The van der Waals surface area contributed by atoms with Gasteiger partial charge < -0.3 is 14.8 Å². The van der Waals surface area contributed by atoms with Crippen molar-refractivity contribution < 1.29 is 22.7 Å². The third kappa shape index (κ3) is 6.17. The number of aromatic nitrogens is 5. The summed E-state index contributed by atoms with van der Waals surface area (Å²) in [5.74, 6) is 0.374. The van der Waals surface area contributed by atoms with Crippen LogP contribution < -0.4 is 14.8 Å². The highest BCUT2D eigenvalue weighted by Crippen LogP contribution is 2.33. The lowest BCUT2D eigenvalue weighted by molar-refractivity contribution is -0.125. The predicted molar refractivity (Wildman–Crippen MR) is 134 cm³/mol. The lowest BCUT2D eigenvalue weighted by Gasteiger charge is -2.28. The van der Waals surface area contributed by atoms with E-state index in [9.17, 15) is 13.2 Å². The molecule has 1 saturated carbocycles. The number of sulfonamides is 1. The van der Waals surface area contributed by atoms with Crippen LogP contribution in [0.25, 0.3) is 11.3 Å². The molecule has 0 aromatic carbocycles. The molecule has 12 nitrogen and oxygen atoms in total. The minimum atomic E-state index is -3.47. The molecule has 1 saturated heterocycles. The fourth-order valence-corrected chi connectivity index (χ4v) is 5.26. The van der Waals surface area contributed by atoms with Crippen molar-refractivity contribution in [1.29, 1.82) is 0 Å². The molecule has 2 fully saturated rings. The highest BCUT2D eigenvalue weighted by Gasteiger charge is 2.36. The highest BCUT2D eigenvalue weighted by molar-refractivity contribution is 7.93. The molecule has 37 heavy (non-hydrogen) atoms. The molecule has 1 aliphatic heterocycles. The standard InChI is InChI=1S/C24H27N7O5S/c1-2-35-22-14-25-13-19(28-22)16-3-6-21(27-12-16)30-23(32)15-8-10-36-20(11-15)18-7-9-26-24(29-18)31-37(33,34)17-4-5-17/h3,6-7,9,12-15,17,20H,2,4-5,8,10-11H2,1H3,(H,26,29,31)(H,27,30,32). The molecule has 4 heterocycles. The van der Waals surface area contributed by atoms with E-state index in [1.807, 2.05) is 6.92 Å². The Hall–Kier alpha value is -3.71. The molecule has 1 amide bonds. The summed E-state index contributed by atoms with van der Waals surface area (Å²) >= 11 is 0. The van der Waals surface area contributed by atoms with E-state index in [1.54, 1.807) is 36.8 Å². The van der Waals surface area contributed by atoms with E-state index < -0.39 is 16.1 Å². The minimum Gasteiger partial charge on any atom is -0.477 e. The van der Waals surface area contributed by atoms with Crippen molar-refractivity contribution in [3.63, 3.8) is 0 Å². The quantitative estimate of drug-likeness (QED) is 0.425. The van der Waals surface area contributed by atoms with Gasteiger partial charge in [0.2, 0.25) is 27.8 Å². The summed E-state index contributed by atoms with van der Waals surface area (Å²) in [6.07, 6.45) is 8.05. The summed E-state index contributed by atoms with van der Waals surface area (Å²) in [6, 6.07) is 5.19. The molecule has 3 aromatic rings. The second-order valence-electron chi connectivity index (χ2n) is 8.83. The Bertz CT molecular complexity index is 1370. The number of pyridine rings is 1. The molecule has 0 radical (unpaired) electrons. The topological polar surface area (TPSA) is 158 Å². The number of amides is 1. The molecular weight excluding hydrogens is 498 g/mol. The monoisotopic (exact) mass is 525 g/mol. The van der Waals surface area contributed by atoms with Crippen molar-refractivity contribution in [3.8, 4) is 17.1 Å². The molecule has 5 rings (SSSR count). The first-order valence-electron chi connectivity index (χ1n) is 12.1. The first-order valence-corrected chi connectivity index (χ1v) is 13.6. The van der Waals surface area contributed by atoms with Gasteiger partial charge in [0.1, 0.15) is 11.9 Å². The number of hydrogen-bond donors (Lipinski definition) is 2. The van der Waals surface area contributed by atoms with Gasteiger partial charge in [-0.05, 0) is 50.8 Å². The number of hydrogen-bond acceptors (Lipinski definition) is 10. The van der Waals surface area contributed by atoms with Gasteiger partial charge in [0.05, 0.1) is 35.6 Å². The highest BCUT2D eigenvalue weighted by atomic mass is 32.2. The molecule has 2 unspecified atom stereocenters. The van der Waals surface area contributed by atoms with Crippen molar-refractivity contribution in [1.82, 2.24) is 24.9 Å². The van der Waals surface area contributed by atoms with E-state index in [4.69, 9.17) is 9.47 Å². The van der Waals surface area contributed by atoms with Crippen LogP contribution in [0.5, 0.6) is 5.88 Å². The second-order valence-corrected chi connectivity index (χ2v) is 10.8. The molecule has 194 valence electrons. The summed E-state index contributed by atoms with van der Waals surface area (Å²) < 4.78 is 38.1. The van der Waals surface area contributed by atoms with Crippen LogP contribution in [0.15, 0.2) is 43.0 Å². The molecule has 1 aliphatic carbocycles. The normalized spacial score (nSPS) is 19.7. The van der Waals surface area contributed by atoms with E-state index in [2.05, 4.69) is 35.0 Å². The SMILES string of the molecule is CCOc1cncc(-c2ccc(NC(=O)C3CCOC(c4ccnc(NS(=O)(=O)C5CC5)n4)C3)nc2)n1. The Labute approximate surface area is 214 Å². The van der Waals surface area contributed by atoms with Crippen molar-refractivity contribution >= 4 is 27.7 Å². The van der Waals surface area contributed by atoms with Crippen molar-refractivity contribution in [2.24, 2.45) is 5.92 Å². The van der Waals surface area contributed by atoms with Crippen LogP contribution in [0, 0.1) is 5.92 Å². The third-order valence-corrected chi connectivity index (χ3v) is 7.89. The summed E-state index contributed by atoms with van der Waals surface area (Å²) in [4.78, 5) is 34.2. The Morgan fingerprint density at radius 1 is 1.11 bits per heavy atom. The van der Waals surface area contributed by atoms with E-state index in [1.165, 1.54) is 6.20 Å². The van der Waals surface area contributed by atoms with Crippen LogP contribution in [0.3, 0.4) is 0 Å². The molecule has 0 bridgehead atoms. The lowest BCUT2D eigenvalue weighted by atomic mass is 9.93. The fourth-order valence-electron chi connectivity index (χ4n) is 3.98. The third-order valence-electron chi connectivity index (χ3n) is 6.07. The number of rotatable bonds is 9. The maximum absolute atomic E-state index is 13.0. The van der Waals surface area contributed by atoms with Gasteiger partial charge in [-0.25, -0.2) is 28.4 Å². The van der Waals surface area contributed by atoms with Crippen molar-refractivity contribution in [2.45, 2.75) is 44.0 Å². The van der Waals surface area contributed by atoms with Crippen LogP contribution >= 0.6 is 0 Å². The average Bonchev–Trinajstić information content (AvgIpc) is 3.76. The van der Waals surface area contributed by atoms with Crippen LogP contribution in [0.2, 0.25) is 0 Å². The van der Waals surface area contributed by atoms with Gasteiger partial charge in [0.15, 0.2) is 0 Å². The smallest absolute Gasteiger partial charge is 0.237 e. The summed E-state index contributed by atoms with van der Waals surface area (Å²) in [5, 5.41) is 2.49. The Balaban J connectivity index is 1.21. The molecule has 2 aliphatic rings.